The molecule has 0 saturated heterocycles. The Balaban J connectivity index is 1.78. The molecule has 0 aliphatic rings. The van der Waals surface area contributed by atoms with E-state index < -0.39 is 11.6 Å². The van der Waals surface area contributed by atoms with Gasteiger partial charge < -0.3 is 13.9 Å². The van der Waals surface area contributed by atoms with E-state index in [1.807, 2.05) is 25.1 Å². The van der Waals surface area contributed by atoms with E-state index in [-0.39, 0.29) is 13.0 Å². The summed E-state index contributed by atoms with van der Waals surface area (Å²) in [5.41, 5.74) is 2.32. The Kier molecular flexibility index (Phi) is 5.81. The highest BCUT2D eigenvalue weighted by atomic mass is 35.5. The van der Waals surface area contributed by atoms with Crippen LogP contribution in [-0.4, -0.2) is 13.1 Å². The quantitative estimate of drug-likeness (QED) is 0.466. The van der Waals surface area contributed by atoms with Crippen LogP contribution in [-0.2, 0) is 29.0 Å². The lowest BCUT2D eigenvalue weighted by Crippen LogP contribution is -2.10. The summed E-state index contributed by atoms with van der Waals surface area (Å²) in [6.45, 7) is 2.00. The van der Waals surface area contributed by atoms with E-state index >= 15 is 0 Å². The molecule has 0 saturated carbocycles. The van der Waals surface area contributed by atoms with Crippen LogP contribution in [0.5, 0.6) is 5.75 Å². The molecule has 0 amide bonds. The number of carbonyl (C=O) groups excluding carboxylic acids is 1. The van der Waals surface area contributed by atoms with Gasteiger partial charge in [0.15, 0.2) is 0 Å². The van der Waals surface area contributed by atoms with E-state index in [0.717, 1.165) is 17.4 Å². The zero-order valence-corrected chi connectivity index (χ0v) is 15.8. The van der Waals surface area contributed by atoms with E-state index in [4.69, 9.17) is 25.5 Å². The van der Waals surface area contributed by atoms with Crippen molar-refractivity contribution >= 4 is 28.5 Å². The third-order valence-corrected chi connectivity index (χ3v) is 4.50. The van der Waals surface area contributed by atoms with Gasteiger partial charge in [0, 0.05) is 27.6 Å². The molecule has 0 aliphatic heterocycles. The molecule has 5 nitrogen and oxygen atoms in total. The second-order valence-corrected chi connectivity index (χ2v) is 6.50. The predicted molar refractivity (Wildman–Crippen MR) is 103 cm³/mol. The van der Waals surface area contributed by atoms with Crippen molar-refractivity contribution in [2.75, 3.05) is 7.11 Å². The Hall–Kier alpha value is -2.79. The zero-order valence-electron chi connectivity index (χ0n) is 15.1. The molecule has 0 spiro atoms. The van der Waals surface area contributed by atoms with Crippen LogP contribution in [0.4, 0.5) is 0 Å². The van der Waals surface area contributed by atoms with Crippen molar-refractivity contribution < 1.29 is 18.7 Å². The van der Waals surface area contributed by atoms with Gasteiger partial charge in [-0.05, 0) is 36.2 Å². The van der Waals surface area contributed by atoms with Crippen molar-refractivity contribution in [3.63, 3.8) is 0 Å². The molecular weight excluding hydrogens is 368 g/mol. The van der Waals surface area contributed by atoms with Crippen LogP contribution in [0.15, 0.2) is 51.7 Å². The second-order valence-electron chi connectivity index (χ2n) is 6.07. The van der Waals surface area contributed by atoms with Gasteiger partial charge in [-0.1, -0.05) is 30.7 Å². The number of ether oxygens (including phenoxy) is 2. The average Bonchev–Trinajstić information content (AvgIpc) is 2.65. The summed E-state index contributed by atoms with van der Waals surface area (Å²) in [6.07, 6.45) is 0.851. The number of hydrogen-bond donors (Lipinski definition) is 0. The third kappa shape index (κ3) is 4.49. The molecule has 1 aromatic heterocycles. The van der Waals surface area contributed by atoms with Gasteiger partial charge in [-0.25, -0.2) is 4.79 Å². The fourth-order valence-electron chi connectivity index (χ4n) is 2.86. The summed E-state index contributed by atoms with van der Waals surface area (Å²) in [5.74, 6) is 0.122. The summed E-state index contributed by atoms with van der Waals surface area (Å²) in [5, 5.41) is 1.26. The minimum atomic E-state index is -0.474. The maximum Gasteiger partial charge on any atom is 0.336 e. The van der Waals surface area contributed by atoms with Crippen LogP contribution in [0.2, 0.25) is 5.02 Å². The molecule has 27 heavy (non-hydrogen) atoms. The Morgan fingerprint density at radius 2 is 1.93 bits per heavy atom. The van der Waals surface area contributed by atoms with Crippen molar-refractivity contribution in [1.82, 2.24) is 0 Å². The van der Waals surface area contributed by atoms with Crippen LogP contribution in [0.1, 0.15) is 23.6 Å². The molecule has 140 valence electrons. The maximum atomic E-state index is 12.3. The van der Waals surface area contributed by atoms with Gasteiger partial charge >= 0.3 is 11.6 Å². The Bertz CT molecular complexity index is 1040. The first-order chi connectivity index (χ1) is 13.0. The SMILES string of the molecule is CCc1ccc2c(COC(=O)Cc3cc(Cl)ccc3OC)cc(=O)oc2c1. The van der Waals surface area contributed by atoms with Crippen LogP contribution >= 0.6 is 11.6 Å². The minimum Gasteiger partial charge on any atom is -0.496 e. The molecule has 2 aromatic carbocycles. The Morgan fingerprint density at radius 1 is 1.11 bits per heavy atom. The number of aryl methyl sites for hydroxylation is 1. The molecule has 0 unspecified atom stereocenters. The standard InChI is InChI=1S/C21H19ClO5/c1-3-13-4-6-17-15(11-21(24)27-19(17)8-13)12-26-20(23)10-14-9-16(22)5-7-18(14)25-2/h4-9,11H,3,10,12H2,1-2H3. The van der Waals surface area contributed by atoms with Crippen molar-refractivity contribution in [2.45, 2.75) is 26.4 Å². The van der Waals surface area contributed by atoms with Crippen molar-refractivity contribution in [3.8, 4) is 5.75 Å². The van der Waals surface area contributed by atoms with Gasteiger partial charge in [-0.15, -0.1) is 0 Å². The average molecular weight is 387 g/mol. The molecule has 3 aromatic rings. The van der Waals surface area contributed by atoms with Crippen molar-refractivity contribution in [3.05, 3.63) is 74.6 Å². The van der Waals surface area contributed by atoms with Gasteiger partial charge in [-0.2, -0.15) is 0 Å². The molecular formula is C21H19ClO5. The lowest BCUT2D eigenvalue weighted by molar-refractivity contribution is -0.144. The zero-order chi connectivity index (χ0) is 19.4. The number of carbonyl (C=O) groups is 1. The largest absolute Gasteiger partial charge is 0.496 e. The minimum absolute atomic E-state index is 0.0170. The van der Waals surface area contributed by atoms with Gasteiger partial charge in [0.05, 0.1) is 13.5 Å². The lowest BCUT2D eigenvalue weighted by Gasteiger charge is -2.10. The molecule has 0 bridgehead atoms. The highest BCUT2D eigenvalue weighted by molar-refractivity contribution is 6.30. The number of esters is 1. The normalized spacial score (nSPS) is 10.8. The number of halogens is 1. The van der Waals surface area contributed by atoms with Gasteiger partial charge in [0.2, 0.25) is 0 Å². The van der Waals surface area contributed by atoms with Crippen LogP contribution in [0.25, 0.3) is 11.0 Å². The monoisotopic (exact) mass is 386 g/mol. The van der Waals surface area contributed by atoms with Crippen molar-refractivity contribution in [2.24, 2.45) is 0 Å². The maximum absolute atomic E-state index is 12.3. The molecule has 6 heteroatoms. The number of rotatable bonds is 6. The highest BCUT2D eigenvalue weighted by Gasteiger charge is 2.13. The summed E-state index contributed by atoms with van der Waals surface area (Å²) in [7, 11) is 1.53. The molecule has 0 radical (unpaired) electrons. The van der Waals surface area contributed by atoms with E-state index in [2.05, 4.69) is 0 Å². The van der Waals surface area contributed by atoms with E-state index in [0.29, 0.717) is 27.5 Å². The smallest absolute Gasteiger partial charge is 0.336 e. The van der Waals surface area contributed by atoms with E-state index in [1.54, 1.807) is 18.2 Å². The second kappa shape index (κ2) is 8.27. The molecule has 3 rings (SSSR count). The fraction of sp³-hybridized carbons (Fsp3) is 0.238. The fourth-order valence-corrected chi connectivity index (χ4v) is 3.06. The molecule has 0 fully saturated rings. The first-order valence-corrected chi connectivity index (χ1v) is 8.91. The topological polar surface area (TPSA) is 65.7 Å². The first kappa shape index (κ1) is 19.0. The first-order valence-electron chi connectivity index (χ1n) is 8.54. The number of methoxy groups -OCH3 is 1. The van der Waals surface area contributed by atoms with Gasteiger partial charge in [-0.3, -0.25) is 4.79 Å². The number of hydrogen-bond acceptors (Lipinski definition) is 5. The van der Waals surface area contributed by atoms with Gasteiger partial charge in [0.1, 0.15) is 17.9 Å². The van der Waals surface area contributed by atoms with Crippen LogP contribution in [0, 0.1) is 0 Å². The number of fused-ring (bicyclic) bond motifs is 1. The summed E-state index contributed by atoms with van der Waals surface area (Å²) in [6, 6.07) is 12.1. The number of benzene rings is 2. The van der Waals surface area contributed by atoms with E-state index in [1.165, 1.54) is 13.2 Å². The third-order valence-electron chi connectivity index (χ3n) is 4.27. The van der Waals surface area contributed by atoms with E-state index in [9.17, 15) is 9.59 Å². The molecule has 0 atom stereocenters. The lowest BCUT2D eigenvalue weighted by atomic mass is 10.1. The molecule has 0 N–H and O–H groups in total. The molecule has 1 heterocycles. The summed E-state index contributed by atoms with van der Waals surface area (Å²) in [4.78, 5) is 24.1. The van der Waals surface area contributed by atoms with Gasteiger partial charge in [0.25, 0.3) is 0 Å². The molecule has 0 aliphatic carbocycles. The Morgan fingerprint density at radius 3 is 2.67 bits per heavy atom. The highest BCUT2D eigenvalue weighted by Crippen LogP contribution is 2.24. The van der Waals surface area contributed by atoms with Crippen molar-refractivity contribution in [1.29, 1.82) is 0 Å². The summed E-state index contributed by atoms with van der Waals surface area (Å²) < 4.78 is 15.9. The summed E-state index contributed by atoms with van der Waals surface area (Å²) >= 11 is 5.98. The predicted octanol–water partition coefficient (Wildman–Crippen LogP) is 4.30. The Labute approximate surface area is 161 Å². The van der Waals surface area contributed by atoms with Crippen LogP contribution in [0.3, 0.4) is 0 Å². The van der Waals surface area contributed by atoms with Crippen LogP contribution < -0.4 is 10.4 Å².